The second-order valence-electron chi connectivity index (χ2n) is 3.86. The van der Waals surface area contributed by atoms with Crippen molar-refractivity contribution in [1.82, 2.24) is 10.1 Å². The van der Waals surface area contributed by atoms with Gasteiger partial charge in [0.15, 0.2) is 12.4 Å². The van der Waals surface area contributed by atoms with E-state index in [1.807, 2.05) is 0 Å². The van der Waals surface area contributed by atoms with Crippen LogP contribution in [0.3, 0.4) is 0 Å². The zero-order chi connectivity index (χ0) is 13.8. The van der Waals surface area contributed by atoms with Crippen LogP contribution in [0, 0.1) is 12.7 Å². The zero-order valence-corrected chi connectivity index (χ0v) is 12.0. The van der Waals surface area contributed by atoms with Crippen LogP contribution in [0.1, 0.15) is 17.3 Å². The first-order chi connectivity index (χ1) is 9.10. The summed E-state index contributed by atoms with van der Waals surface area (Å²) in [5.41, 5.74) is 0.684. The normalized spacial score (nSPS) is 10.7. The maximum absolute atomic E-state index is 13.1. The molecule has 0 atom stereocenters. The quantitative estimate of drug-likeness (QED) is 0.843. The van der Waals surface area contributed by atoms with Gasteiger partial charge in [0.05, 0.1) is 4.47 Å². The number of aromatic nitrogens is 2. The number of hydrogen-bond acceptors (Lipinski definition) is 5. The van der Waals surface area contributed by atoms with Crippen LogP contribution >= 0.6 is 15.9 Å². The summed E-state index contributed by atoms with van der Waals surface area (Å²) in [4.78, 5) is 4.07. The van der Waals surface area contributed by atoms with Crippen molar-refractivity contribution >= 4 is 15.9 Å². The molecular formula is C12H12BrFN2O3. The van der Waals surface area contributed by atoms with Gasteiger partial charge in [0.2, 0.25) is 0 Å². The molecule has 0 aliphatic rings. The van der Waals surface area contributed by atoms with Crippen LogP contribution in [0.2, 0.25) is 0 Å². The topological polar surface area (TPSA) is 57.4 Å². The van der Waals surface area contributed by atoms with E-state index in [1.54, 1.807) is 14.0 Å². The summed E-state index contributed by atoms with van der Waals surface area (Å²) in [7, 11) is 1.55. The molecule has 5 nitrogen and oxygen atoms in total. The third kappa shape index (κ3) is 3.51. The summed E-state index contributed by atoms with van der Waals surface area (Å²) in [5.74, 6) is 1.02. The third-order valence-electron chi connectivity index (χ3n) is 2.32. The lowest BCUT2D eigenvalue weighted by molar-refractivity contribution is 0.174. The van der Waals surface area contributed by atoms with Crippen molar-refractivity contribution in [1.29, 1.82) is 0 Å². The molecule has 2 rings (SSSR count). The van der Waals surface area contributed by atoms with E-state index in [9.17, 15) is 4.39 Å². The molecule has 102 valence electrons. The zero-order valence-electron chi connectivity index (χ0n) is 10.4. The van der Waals surface area contributed by atoms with E-state index in [0.29, 0.717) is 27.5 Å². The van der Waals surface area contributed by atoms with E-state index in [4.69, 9.17) is 14.0 Å². The number of benzene rings is 1. The molecule has 0 saturated heterocycles. The highest BCUT2D eigenvalue weighted by atomic mass is 79.9. The van der Waals surface area contributed by atoms with E-state index in [2.05, 4.69) is 26.1 Å². The van der Waals surface area contributed by atoms with Gasteiger partial charge < -0.3 is 14.0 Å². The fraction of sp³-hybridized carbons (Fsp3) is 0.333. The van der Waals surface area contributed by atoms with Crippen LogP contribution in [0.15, 0.2) is 21.1 Å². The van der Waals surface area contributed by atoms with Gasteiger partial charge in [-0.3, -0.25) is 0 Å². The van der Waals surface area contributed by atoms with E-state index in [0.717, 1.165) is 0 Å². The van der Waals surface area contributed by atoms with Crippen LogP contribution in [0.5, 0.6) is 5.75 Å². The first kappa shape index (κ1) is 14.0. The Balaban J connectivity index is 2.05. The van der Waals surface area contributed by atoms with Crippen LogP contribution in [-0.4, -0.2) is 17.3 Å². The molecular weight excluding hydrogens is 319 g/mol. The molecule has 0 aliphatic heterocycles. The molecule has 0 unspecified atom stereocenters. The highest BCUT2D eigenvalue weighted by Crippen LogP contribution is 2.30. The number of halogens is 2. The Labute approximate surface area is 117 Å². The van der Waals surface area contributed by atoms with E-state index < -0.39 is 0 Å². The predicted octanol–water partition coefficient (Wildman–Crippen LogP) is 3.01. The molecule has 0 saturated carbocycles. The standard InChI is InChI=1S/C12H12BrFN2O3/c1-7-3-8(14)4-9(13)12(7)18-6-11-15-10(5-17-2)16-19-11/h3-4H,5-6H2,1-2H3. The third-order valence-corrected chi connectivity index (χ3v) is 2.91. The van der Waals surface area contributed by atoms with Gasteiger partial charge in [-0.25, -0.2) is 4.39 Å². The van der Waals surface area contributed by atoms with Crippen LogP contribution in [0.25, 0.3) is 0 Å². The molecule has 1 aromatic heterocycles. The second kappa shape index (κ2) is 6.12. The first-order valence-electron chi connectivity index (χ1n) is 5.49. The molecule has 1 aromatic carbocycles. The van der Waals surface area contributed by atoms with Crippen molar-refractivity contribution < 1.29 is 18.4 Å². The number of nitrogens with zero attached hydrogens (tertiary/aromatic N) is 2. The Kier molecular flexibility index (Phi) is 4.49. The van der Waals surface area contributed by atoms with Gasteiger partial charge >= 0.3 is 0 Å². The fourth-order valence-electron chi connectivity index (χ4n) is 1.54. The molecule has 0 aliphatic carbocycles. The molecule has 1 heterocycles. The van der Waals surface area contributed by atoms with Crippen LogP contribution in [0.4, 0.5) is 4.39 Å². The van der Waals surface area contributed by atoms with Crippen molar-refractivity contribution in [2.45, 2.75) is 20.1 Å². The molecule has 0 N–H and O–H groups in total. The number of ether oxygens (including phenoxy) is 2. The molecule has 0 fully saturated rings. The Bertz CT molecular complexity index is 551. The average molecular weight is 331 g/mol. The lowest BCUT2D eigenvalue weighted by atomic mass is 10.2. The first-order valence-corrected chi connectivity index (χ1v) is 6.28. The van der Waals surface area contributed by atoms with Gasteiger partial charge in [0, 0.05) is 7.11 Å². The summed E-state index contributed by atoms with van der Waals surface area (Å²) in [6.07, 6.45) is 0. The molecule has 0 spiro atoms. The van der Waals surface area contributed by atoms with Crippen molar-refractivity contribution in [2.75, 3.05) is 7.11 Å². The molecule has 0 amide bonds. The fourth-order valence-corrected chi connectivity index (χ4v) is 2.19. The number of methoxy groups -OCH3 is 1. The molecule has 0 radical (unpaired) electrons. The van der Waals surface area contributed by atoms with Gasteiger partial charge in [-0.05, 0) is 40.5 Å². The molecule has 7 heteroatoms. The van der Waals surface area contributed by atoms with Gasteiger partial charge in [-0.2, -0.15) is 4.98 Å². The predicted molar refractivity (Wildman–Crippen MR) is 68.2 cm³/mol. The van der Waals surface area contributed by atoms with Crippen molar-refractivity contribution in [3.05, 3.63) is 39.7 Å². The monoisotopic (exact) mass is 330 g/mol. The Morgan fingerprint density at radius 1 is 1.37 bits per heavy atom. The largest absolute Gasteiger partial charge is 0.482 e. The van der Waals surface area contributed by atoms with Crippen molar-refractivity contribution in [3.8, 4) is 5.75 Å². The highest BCUT2D eigenvalue weighted by molar-refractivity contribution is 9.10. The van der Waals surface area contributed by atoms with Crippen molar-refractivity contribution in [2.24, 2.45) is 0 Å². The highest BCUT2D eigenvalue weighted by Gasteiger charge is 2.11. The summed E-state index contributed by atoms with van der Waals surface area (Å²) in [6, 6.07) is 2.73. The Morgan fingerprint density at radius 3 is 2.84 bits per heavy atom. The lowest BCUT2D eigenvalue weighted by Crippen LogP contribution is -1.99. The van der Waals surface area contributed by atoms with Gasteiger partial charge in [-0.1, -0.05) is 5.16 Å². The minimum Gasteiger partial charge on any atom is -0.482 e. The second-order valence-corrected chi connectivity index (χ2v) is 4.71. The molecule has 2 aromatic rings. The smallest absolute Gasteiger partial charge is 0.264 e. The minimum absolute atomic E-state index is 0.113. The minimum atomic E-state index is -0.322. The van der Waals surface area contributed by atoms with E-state index in [1.165, 1.54) is 12.1 Å². The van der Waals surface area contributed by atoms with Gasteiger partial charge in [-0.15, -0.1) is 0 Å². The Hall–Kier alpha value is -1.47. The number of aryl methyl sites for hydroxylation is 1. The average Bonchev–Trinajstić information content (AvgIpc) is 2.76. The summed E-state index contributed by atoms with van der Waals surface area (Å²) in [5, 5.41) is 3.71. The number of rotatable bonds is 5. The Morgan fingerprint density at radius 2 is 2.16 bits per heavy atom. The SMILES string of the molecule is COCc1noc(COc2c(C)cc(F)cc2Br)n1. The van der Waals surface area contributed by atoms with E-state index >= 15 is 0 Å². The maximum atomic E-state index is 13.1. The number of hydrogen-bond donors (Lipinski definition) is 0. The van der Waals surface area contributed by atoms with Gasteiger partial charge in [0.1, 0.15) is 18.2 Å². The summed E-state index contributed by atoms with van der Waals surface area (Å²) < 4.78 is 29.1. The lowest BCUT2D eigenvalue weighted by Gasteiger charge is -2.09. The summed E-state index contributed by atoms with van der Waals surface area (Å²) >= 11 is 3.25. The molecule has 0 bridgehead atoms. The van der Waals surface area contributed by atoms with Crippen molar-refractivity contribution in [3.63, 3.8) is 0 Å². The summed E-state index contributed by atoms with van der Waals surface area (Å²) in [6.45, 7) is 2.15. The van der Waals surface area contributed by atoms with Crippen LogP contribution < -0.4 is 4.74 Å². The van der Waals surface area contributed by atoms with Gasteiger partial charge in [0.25, 0.3) is 5.89 Å². The maximum Gasteiger partial charge on any atom is 0.264 e. The van der Waals surface area contributed by atoms with Crippen LogP contribution in [-0.2, 0) is 18.0 Å². The molecule has 19 heavy (non-hydrogen) atoms. The van der Waals surface area contributed by atoms with E-state index in [-0.39, 0.29) is 19.0 Å².